The summed E-state index contributed by atoms with van der Waals surface area (Å²) in [6, 6.07) is 19.7. The first kappa shape index (κ1) is 27.5. The van der Waals surface area contributed by atoms with Gasteiger partial charge in [-0.2, -0.15) is 8.42 Å². The molecule has 0 saturated carbocycles. The first-order chi connectivity index (χ1) is 13.3. The Hall–Kier alpha value is -1.45. The molecular weight excluding hydrogens is 436 g/mol. The molecular formula is C20H29ClO6S2. The Labute approximate surface area is 179 Å². The molecule has 0 aromatic heterocycles. The minimum absolute atomic E-state index is 0.0888. The van der Waals surface area contributed by atoms with Gasteiger partial charge >= 0.3 is 0 Å². The smallest absolute Gasteiger partial charge is 0.264 e. The van der Waals surface area contributed by atoms with E-state index in [-0.39, 0.29) is 25.0 Å². The fraction of sp³-hybridized carbons (Fsp3) is 0.400. The van der Waals surface area contributed by atoms with Crippen molar-refractivity contribution in [1.82, 2.24) is 0 Å². The minimum atomic E-state index is -3.33. The van der Waals surface area contributed by atoms with Gasteiger partial charge in [-0.25, -0.2) is 8.42 Å². The van der Waals surface area contributed by atoms with Crippen LogP contribution in [0.1, 0.15) is 36.8 Å². The Kier molecular flexibility index (Phi) is 13.0. The zero-order valence-electron chi connectivity index (χ0n) is 17.0. The topological polar surface area (TPSA) is 97.7 Å². The van der Waals surface area contributed by atoms with Crippen molar-refractivity contribution in [2.45, 2.75) is 25.7 Å². The number of benzene rings is 2. The lowest BCUT2D eigenvalue weighted by Gasteiger charge is -2.10. The van der Waals surface area contributed by atoms with E-state index in [0.717, 1.165) is 18.1 Å². The van der Waals surface area contributed by atoms with E-state index in [1.165, 1.54) is 5.56 Å². The van der Waals surface area contributed by atoms with E-state index in [9.17, 15) is 16.8 Å². The van der Waals surface area contributed by atoms with Crippen LogP contribution in [0.25, 0.3) is 0 Å². The third-order valence-corrected chi connectivity index (χ3v) is 4.11. The molecule has 0 bridgehead atoms. The molecule has 6 nitrogen and oxygen atoms in total. The van der Waals surface area contributed by atoms with Crippen LogP contribution in [0.5, 0.6) is 0 Å². The van der Waals surface area contributed by atoms with Crippen LogP contribution >= 0.6 is 10.7 Å². The molecule has 0 unspecified atom stereocenters. The largest absolute Gasteiger partial charge is 0.396 e. The molecule has 0 aliphatic carbocycles. The van der Waals surface area contributed by atoms with Crippen molar-refractivity contribution < 1.29 is 26.1 Å². The predicted octanol–water partition coefficient (Wildman–Crippen LogP) is 3.73. The molecule has 0 aliphatic rings. The average Bonchev–Trinajstić information content (AvgIpc) is 2.65. The highest BCUT2D eigenvalue weighted by Gasteiger charge is 2.09. The molecule has 2 aromatic carbocycles. The molecule has 0 amide bonds. The molecule has 1 N–H and O–H groups in total. The summed E-state index contributed by atoms with van der Waals surface area (Å²) in [5.74, 6) is 0.354. The summed E-state index contributed by atoms with van der Waals surface area (Å²) < 4.78 is 45.0. The molecule has 0 fully saturated rings. The lowest BCUT2D eigenvalue weighted by atomic mass is 10.0. The Bertz CT molecular complexity index is 877. The second kappa shape index (κ2) is 13.7. The van der Waals surface area contributed by atoms with E-state index in [2.05, 4.69) is 10.7 Å². The highest BCUT2D eigenvalue weighted by atomic mass is 35.7. The Balaban J connectivity index is 0.000000455. The maximum atomic E-state index is 10.7. The molecule has 29 heavy (non-hydrogen) atoms. The molecule has 164 valence electrons. The SMILES string of the molecule is CS(=O)(=O)Cl.C[C@@H](CO)c1ccccc1.C[C@@H](COS(C)(=O)=O)c1ccccc1. The molecule has 2 aromatic rings. The van der Waals surface area contributed by atoms with Gasteiger partial charge in [-0.05, 0) is 11.1 Å². The number of aliphatic hydroxyl groups excluding tert-OH is 1. The third-order valence-electron chi connectivity index (χ3n) is 3.54. The van der Waals surface area contributed by atoms with E-state index in [1.807, 2.05) is 74.5 Å². The predicted molar refractivity (Wildman–Crippen MR) is 118 cm³/mol. The zero-order valence-corrected chi connectivity index (χ0v) is 19.4. The van der Waals surface area contributed by atoms with Gasteiger partial charge in [0, 0.05) is 29.1 Å². The van der Waals surface area contributed by atoms with Crippen molar-refractivity contribution in [2.75, 3.05) is 25.7 Å². The van der Waals surface area contributed by atoms with Crippen LogP contribution < -0.4 is 0 Å². The Morgan fingerprint density at radius 1 is 0.828 bits per heavy atom. The summed E-state index contributed by atoms with van der Waals surface area (Å²) in [6.07, 6.45) is 1.99. The second-order valence-corrected chi connectivity index (χ2v) is 11.2. The zero-order chi connectivity index (χ0) is 22.5. The minimum Gasteiger partial charge on any atom is -0.396 e. The van der Waals surface area contributed by atoms with E-state index in [1.54, 1.807) is 0 Å². The van der Waals surface area contributed by atoms with Gasteiger partial charge in [0.05, 0.1) is 19.1 Å². The van der Waals surface area contributed by atoms with Gasteiger partial charge in [0.25, 0.3) is 10.1 Å². The van der Waals surface area contributed by atoms with Gasteiger partial charge in [-0.1, -0.05) is 74.5 Å². The number of halogens is 1. The molecule has 2 atom stereocenters. The van der Waals surface area contributed by atoms with Crippen LogP contribution in [-0.4, -0.2) is 47.7 Å². The standard InChI is InChI=1S/C10H14O3S.C9H12O.CH3ClO2S/c1-9(8-13-14(2,11)12)10-6-4-3-5-7-10;1-8(7-10)9-5-3-2-4-6-9;1-5(2,3)4/h3-7,9H,8H2,1-2H3;2-6,8,10H,7H2,1H3;1H3/t9-;8-;/m00./s1. The van der Waals surface area contributed by atoms with Crippen LogP contribution in [-0.2, 0) is 23.4 Å². The van der Waals surface area contributed by atoms with Crippen molar-refractivity contribution in [2.24, 2.45) is 0 Å². The summed E-state index contributed by atoms with van der Waals surface area (Å²) in [5.41, 5.74) is 2.28. The molecule has 0 saturated heterocycles. The molecule has 0 heterocycles. The summed E-state index contributed by atoms with van der Waals surface area (Å²) in [5, 5.41) is 8.79. The maximum Gasteiger partial charge on any atom is 0.264 e. The molecule has 9 heteroatoms. The lowest BCUT2D eigenvalue weighted by Crippen LogP contribution is -2.09. The van der Waals surface area contributed by atoms with Crippen LogP contribution in [0.2, 0.25) is 0 Å². The number of rotatable bonds is 6. The number of hydrogen-bond acceptors (Lipinski definition) is 6. The molecule has 0 aliphatic heterocycles. The van der Waals surface area contributed by atoms with Gasteiger partial charge < -0.3 is 5.11 Å². The Morgan fingerprint density at radius 2 is 1.17 bits per heavy atom. The van der Waals surface area contributed by atoms with Crippen molar-refractivity contribution in [3.8, 4) is 0 Å². The van der Waals surface area contributed by atoms with Crippen LogP contribution in [0.15, 0.2) is 60.7 Å². The lowest BCUT2D eigenvalue weighted by molar-refractivity contribution is 0.273. The second-order valence-electron chi connectivity index (χ2n) is 6.48. The Morgan fingerprint density at radius 3 is 1.48 bits per heavy atom. The fourth-order valence-corrected chi connectivity index (χ4v) is 2.44. The maximum absolute atomic E-state index is 10.7. The average molecular weight is 465 g/mol. The highest BCUT2D eigenvalue weighted by Crippen LogP contribution is 2.15. The van der Waals surface area contributed by atoms with E-state index >= 15 is 0 Å². The quantitative estimate of drug-likeness (QED) is 0.516. The van der Waals surface area contributed by atoms with Gasteiger partial charge in [-0.3, -0.25) is 4.18 Å². The summed E-state index contributed by atoms with van der Waals surface area (Å²) in [7, 11) is -2.02. The third kappa shape index (κ3) is 17.1. The van der Waals surface area contributed by atoms with Crippen LogP contribution in [0, 0.1) is 0 Å². The summed E-state index contributed by atoms with van der Waals surface area (Å²) in [4.78, 5) is 0. The normalized spacial score (nSPS) is 13.2. The summed E-state index contributed by atoms with van der Waals surface area (Å²) >= 11 is 0. The molecule has 2 rings (SSSR count). The van der Waals surface area contributed by atoms with Crippen LogP contribution in [0.3, 0.4) is 0 Å². The molecule has 0 spiro atoms. The van der Waals surface area contributed by atoms with Crippen molar-refractivity contribution in [3.63, 3.8) is 0 Å². The first-order valence-corrected chi connectivity index (χ1v) is 13.3. The van der Waals surface area contributed by atoms with Crippen molar-refractivity contribution in [1.29, 1.82) is 0 Å². The number of aliphatic hydroxyl groups is 1. The first-order valence-electron chi connectivity index (χ1n) is 8.78. The van der Waals surface area contributed by atoms with Crippen molar-refractivity contribution in [3.05, 3.63) is 71.8 Å². The summed E-state index contributed by atoms with van der Waals surface area (Å²) in [6.45, 7) is 4.36. The number of hydrogen-bond donors (Lipinski definition) is 1. The van der Waals surface area contributed by atoms with Gasteiger partial charge in [-0.15, -0.1) is 0 Å². The van der Waals surface area contributed by atoms with E-state index in [0.29, 0.717) is 0 Å². The monoisotopic (exact) mass is 464 g/mol. The highest BCUT2D eigenvalue weighted by molar-refractivity contribution is 8.13. The van der Waals surface area contributed by atoms with Gasteiger partial charge in [0.2, 0.25) is 9.05 Å². The fourth-order valence-electron chi connectivity index (χ4n) is 1.99. The van der Waals surface area contributed by atoms with Gasteiger partial charge in [0.15, 0.2) is 0 Å². The van der Waals surface area contributed by atoms with Crippen molar-refractivity contribution >= 4 is 29.9 Å². The van der Waals surface area contributed by atoms with E-state index in [4.69, 9.17) is 9.29 Å². The van der Waals surface area contributed by atoms with E-state index < -0.39 is 19.2 Å². The molecule has 0 radical (unpaired) electrons. The van der Waals surface area contributed by atoms with Crippen LogP contribution in [0.4, 0.5) is 0 Å². The van der Waals surface area contributed by atoms with Gasteiger partial charge in [0.1, 0.15) is 0 Å².